The lowest BCUT2D eigenvalue weighted by Crippen LogP contribution is -2.34. The summed E-state index contributed by atoms with van der Waals surface area (Å²) in [6, 6.07) is 5.31. The van der Waals surface area contributed by atoms with E-state index < -0.39 is 5.41 Å². The van der Waals surface area contributed by atoms with Gasteiger partial charge in [-0.3, -0.25) is 19.3 Å². The molecule has 1 aliphatic rings. The number of nitrogens with one attached hydrogen (secondary N) is 1. The molecule has 1 fully saturated rings. The van der Waals surface area contributed by atoms with Gasteiger partial charge in [-0.25, -0.2) is 0 Å². The molecule has 5 nitrogen and oxygen atoms in total. The highest BCUT2D eigenvalue weighted by molar-refractivity contribution is 8.04. The first-order chi connectivity index (χ1) is 11.6. The van der Waals surface area contributed by atoms with E-state index in [1.54, 1.807) is 12.1 Å². The zero-order valence-electron chi connectivity index (χ0n) is 14.7. The van der Waals surface area contributed by atoms with Gasteiger partial charge in [-0.05, 0) is 24.6 Å². The highest BCUT2D eigenvalue weighted by atomic mass is 35.5. The van der Waals surface area contributed by atoms with Gasteiger partial charge in [-0.15, -0.1) is 0 Å². The molecule has 1 aromatic carbocycles. The highest BCUT2D eigenvalue weighted by Gasteiger charge is 2.30. The SMILES string of the molecule is Cc1ccc(NC(=O)CN2C(=O)CS/C2=C\C(=O)C(C)(C)C)c(Cl)c1. The van der Waals surface area contributed by atoms with Gasteiger partial charge in [0.1, 0.15) is 6.54 Å². The monoisotopic (exact) mass is 380 g/mol. The van der Waals surface area contributed by atoms with Gasteiger partial charge >= 0.3 is 0 Å². The first kappa shape index (κ1) is 19.5. The lowest BCUT2D eigenvalue weighted by atomic mass is 9.91. The third-order valence-electron chi connectivity index (χ3n) is 3.60. The number of anilines is 1. The molecule has 134 valence electrons. The summed E-state index contributed by atoms with van der Waals surface area (Å²) in [4.78, 5) is 37.9. The molecular weight excluding hydrogens is 360 g/mol. The third-order valence-corrected chi connectivity index (χ3v) is 4.94. The van der Waals surface area contributed by atoms with Gasteiger partial charge in [-0.1, -0.05) is 50.2 Å². The molecule has 1 N–H and O–H groups in total. The normalized spacial score (nSPS) is 16.4. The highest BCUT2D eigenvalue weighted by Crippen LogP contribution is 2.30. The van der Waals surface area contributed by atoms with Gasteiger partial charge in [0.25, 0.3) is 0 Å². The summed E-state index contributed by atoms with van der Waals surface area (Å²) in [7, 11) is 0. The molecule has 0 bridgehead atoms. The molecular formula is C18H21ClN2O3S. The van der Waals surface area contributed by atoms with Gasteiger partial charge in [0.15, 0.2) is 5.78 Å². The van der Waals surface area contributed by atoms with E-state index in [9.17, 15) is 14.4 Å². The van der Waals surface area contributed by atoms with Gasteiger partial charge in [-0.2, -0.15) is 0 Å². The number of amides is 2. The second kappa shape index (κ2) is 7.62. The minimum absolute atomic E-state index is 0.0864. The molecule has 1 heterocycles. The Labute approximate surface area is 156 Å². The fraction of sp³-hybridized carbons (Fsp3) is 0.389. The number of benzene rings is 1. The summed E-state index contributed by atoms with van der Waals surface area (Å²) in [5, 5.41) is 3.65. The number of hydrogen-bond acceptors (Lipinski definition) is 4. The van der Waals surface area contributed by atoms with E-state index in [1.807, 2.05) is 33.8 Å². The Morgan fingerprint density at radius 1 is 1.36 bits per heavy atom. The van der Waals surface area contributed by atoms with Crippen molar-refractivity contribution in [2.24, 2.45) is 5.41 Å². The average Bonchev–Trinajstić information content (AvgIpc) is 2.82. The smallest absolute Gasteiger partial charge is 0.244 e. The average molecular weight is 381 g/mol. The lowest BCUT2D eigenvalue weighted by molar-refractivity contribution is -0.129. The van der Waals surface area contributed by atoms with Crippen LogP contribution in [0, 0.1) is 12.3 Å². The minimum Gasteiger partial charge on any atom is -0.323 e. The predicted octanol–water partition coefficient (Wildman–Crippen LogP) is 3.62. The Kier molecular flexibility index (Phi) is 5.95. The van der Waals surface area contributed by atoms with Crippen LogP contribution in [0.3, 0.4) is 0 Å². The van der Waals surface area contributed by atoms with Gasteiger partial charge in [0, 0.05) is 11.5 Å². The number of rotatable bonds is 4. The third kappa shape index (κ3) is 5.09. The zero-order valence-corrected chi connectivity index (χ0v) is 16.3. The summed E-state index contributed by atoms with van der Waals surface area (Å²) in [6.45, 7) is 7.18. The standard InChI is InChI=1S/C18H21ClN2O3S/c1-11-5-6-13(12(19)7-11)20-15(23)9-21-16(24)10-25-17(21)8-14(22)18(2,3)4/h5-8H,9-10H2,1-4H3,(H,20,23)/b17-8-. The maximum absolute atomic E-state index is 12.3. The quantitative estimate of drug-likeness (QED) is 0.810. The predicted molar refractivity (Wildman–Crippen MR) is 102 cm³/mol. The van der Waals surface area contributed by atoms with Crippen LogP contribution in [0.15, 0.2) is 29.3 Å². The van der Waals surface area contributed by atoms with Crippen LogP contribution in [0.5, 0.6) is 0 Å². The largest absolute Gasteiger partial charge is 0.323 e. The van der Waals surface area contributed by atoms with Crippen LogP contribution < -0.4 is 5.32 Å². The van der Waals surface area contributed by atoms with Crippen LogP contribution in [0.1, 0.15) is 26.3 Å². The Morgan fingerprint density at radius 3 is 2.64 bits per heavy atom. The fourth-order valence-electron chi connectivity index (χ4n) is 2.08. The summed E-state index contributed by atoms with van der Waals surface area (Å²) < 4.78 is 0. The molecule has 7 heteroatoms. The summed E-state index contributed by atoms with van der Waals surface area (Å²) in [5.41, 5.74) is 0.940. The molecule has 1 aliphatic heterocycles. The Hall–Kier alpha value is -1.79. The number of halogens is 1. The molecule has 1 saturated heterocycles. The van der Waals surface area contributed by atoms with E-state index in [-0.39, 0.29) is 29.9 Å². The van der Waals surface area contributed by atoms with Crippen molar-refractivity contribution in [1.82, 2.24) is 4.90 Å². The molecule has 0 spiro atoms. The van der Waals surface area contributed by atoms with Crippen molar-refractivity contribution < 1.29 is 14.4 Å². The molecule has 0 aliphatic carbocycles. The molecule has 0 radical (unpaired) electrons. The van der Waals surface area contributed by atoms with Gasteiger partial charge < -0.3 is 5.32 Å². The molecule has 25 heavy (non-hydrogen) atoms. The minimum atomic E-state index is -0.539. The molecule has 2 rings (SSSR count). The summed E-state index contributed by atoms with van der Waals surface area (Å²) in [6.07, 6.45) is 1.45. The molecule has 0 aromatic heterocycles. The second-order valence-corrected chi connectivity index (χ2v) is 8.30. The van der Waals surface area contributed by atoms with Crippen LogP contribution in [-0.4, -0.2) is 34.8 Å². The first-order valence-corrected chi connectivity index (χ1v) is 9.19. The van der Waals surface area contributed by atoms with Crippen LogP contribution in [0.25, 0.3) is 0 Å². The van der Waals surface area contributed by atoms with E-state index in [0.29, 0.717) is 15.7 Å². The van der Waals surface area contributed by atoms with E-state index in [2.05, 4.69) is 5.32 Å². The number of carbonyl (C=O) groups is 3. The van der Waals surface area contributed by atoms with E-state index >= 15 is 0 Å². The Bertz CT molecular complexity index is 753. The molecule has 2 amide bonds. The van der Waals surface area contributed by atoms with Crippen molar-refractivity contribution >= 4 is 46.6 Å². The maximum atomic E-state index is 12.3. The van der Waals surface area contributed by atoms with Crippen molar-refractivity contribution in [3.63, 3.8) is 0 Å². The van der Waals surface area contributed by atoms with Crippen LogP contribution in [-0.2, 0) is 14.4 Å². The molecule has 0 unspecified atom stereocenters. The fourth-order valence-corrected chi connectivity index (χ4v) is 3.31. The number of allylic oxidation sites excluding steroid dienone is 1. The van der Waals surface area contributed by atoms with E-state index in [4.69, 9.17) is 11.6 Å². The summed E-state index contributed by atoms with van der Waals surface area (Å²) >= 11 is 7.38. The van der Waals surface area contributed by atoms with Crippen LogP contribution in [0.2, 0.25) is 5.02 Å². The van der Waals surface area contributed by atoms with Crippen molar-refractivity contribution in [2.45, 2.75) is 27.7 Å². The zero-order chi connectivity index (χ0) is 18.8. The number of ketones is 1. The topological polar surface area (TPSA) is 66.5 Å². The van der Waals surface area contributed by atoms with Crippen LogP contribution >= 0.6 is 23.4 Å². The maximum Gasteiger partial charge on any atom is 0.244 e. The second-order valence-electron chi connectivity index (χ2n) is 6.90. The lowest BCUT2D eigenvalue weighted by Gasteiger charge is -2.19. The Balaban J connectivity index is 2.11. The molecule has 1 aromatic rings. The van der Waals surface area contributed by atoms with Gasteiger partial charge in [0.05, 0.1) is 21.5 Å². The number of nitrogens with zero attached hydrogens (tertiary/aromatic N) is 1. The van der Waals surface area contributed by atoms with Crippen molar-refractivity contribution in [2.75, 3.05) is 17.6 Å². The number of carbonyl (C=O) groups excluding carboxylic acids is 3. The number of hydrogen-bond donors (Lipinski definition) is 1. The van der Waals surface area contributed by atoms with Crippen molar-refractivity contribution in [3.8, 4) is 0 Å². The number of thioether (sulfide) groups is 1. The van der Waals surface area contributed by atoms with Gasteiger partial charge in [0.2, 0.25) is 11.8 Å². The summed E-state index contributed by atoms with van der Waals surface area (Å²) in [5.74, 6) is -0.419. The van der Waals surface area contributed by atoms with Crippen molar-refractivity contribution in [3.05, 3.63) is 39.9 Å². The van der Waals surface area contributed by atoms with E-state index in [1.165, 1.54) is 22.7 Å². The van der Waals surface area contributed by atoms with Crippen molar-refractivity contribution in [1.29, 1.82) is 0 Å². The Morgan fingerprint density at radius 2 is 2.04 bits per heavy atom. The molecule has 0 saturated carbocycles. The van der Waals surface area contributed by atoms with E-state index in [0.717, 1.165) is 5.56 Å². The molecule has 0 atom stereocenters. The first-order valence-electron chi connectivity index (χ1n) is 7.83. The number of aryl methyl sites for hydroxylation is 1. The van der Waals surface area contributed by atoms with Crippen LogP contribution in [0.4, 0.5) is 5.69 Å².